The van der Waals surface area contributed by atoms with E-state index in [4.69, 9.17) is 0 Å². The molecule has 0 saturated heterocycles. The third-order valence-corrected chi connectivity index (χ3v) is 5.20. The molecule has 2 rings (SSSR count). The average molecular weight is 328 g/mol. The van der Waals surface area contributed by atoms with Gasteiger partial charge in [0.15, 0.2) is 5.13 Å². The number of aryl methyl sites for hydroxylation is 2. The summed E-state index contributed by atoms with van der Waals surface area (Å²) in [7, 11) is -1.75. The average Bonchev–Trinajstić information content (AvgIpc) is 2.98. The molecule has 2 aromatic heterocycles. The van der Waals surface area contributed by atoms with Crippen molar-refractivity contribution in [3.8, 4) is 0 Å². The lowest BCUT2D eigenvalue weighted by Gasteiger charge is -2.06. The van der Waals surface area contributed by atoms with E-state index in [1.807, 2.05) is 18.5 Å². The minimum atomic E-state index is -3.59. The quantitative estimate of drug-likeness (QED) is 0.817. The predicted octanol–water partition coefficient (Wildman–Crippen LogP) is 2.18. The first-order valence-electron chi connectivity index (χ1n) is 6.75. The fourth-order valence-corrected chi connectivity index (χ4v) is 4.00. The Morgan fingerprint density at radius 2 is 2.19 bits per heavy atom. The lowest BCUT2D eigenvalue weighted by Crippen LogP contribution is -2.12. The maximum Gasteiger partial charge on any atom is 0.265 e. The number of hydrogen-bond acceptors (Lipinski definition) is 5. The first kappa shape index (κ1) is 16.0. The molecule has 0 aliphatic carbocycles. The second-order valence-corrected chi connectivity index (χ2v) is 7.69. The number of anilines is 1. The van der Waals surface area contributed by atoms with Gasteiger partial charge in [-0.2, -0.15) is 0 Å². The van der Waals surface area contributed by atoms with Crippen LogP contribution >= 0.6 is 11.3 Å². The fourth-order valence-electron chi connectivity index (χ4n) is 2.03. The van der Waals surface area contributed by atoms with Gasteiger partial charge in [-0.05, 0) is 26.5 Å². The van der Waals surface area contributed by atoms with Crippen LogP contribution in [0.5, 0.6) is 0 Å². The van der Waals surface area contributed by atoms with Gasteiger partial charge >= 0.3 is 0 Å². The number of nitrogens with one attached hydrogen (secondary N) is 2. The van der Waals surface area contributed by atoms with E-state index in [1.54, 1.807) is 18.5 Å². The van der Waals surface area contributed by atoms with Crippen LogP contribution in [-0.4, -0.2) is 25.0 Å². The standard InChI is InChI=1S/C13H20N4O2S2/c1-4-5-17-9-12(6-11(17)8-14-3)21(18,19)16-13-15-7-10(2)20-13/h6-7,9,14H,4-5,8H2,1-3H3,(H,15,16). The summed E-state index contributed by atoms with van der Waals surface area (Å²) in [4.78, 5) is 5.27. The Bertz CT molecular complexity index is 680. The van der Waals surface area contributed by atoms with Crippen LogP contribution in [0.4, 0.5) is 5.13 Å². The highest BCUT2D eigenvalue weighted by Gasteiger charge is 2.19. The number of rotatable bonds is 7. The van der Waals surface area contributed by atoms with E-state index < -0.39 is 10.0 Å². The van der Waals surface area contributed by atoms with Gasteiger partial charge in [0.2, 0.25) is 0 Å². The summed E-state index contributed by atoms with van der Waals surface area (Å²) in [6.07, 6.45) is 4.28. The number of aromatic nitrogens is 2. The topological polar surface area (TPSA) is 76.0 Å². The molecule has 0 saturated carbocycles. The van der Waals surface area contributed by atoms with Gasteiger partial charge in [-0.25, -0.2) is 13.4 Å². The SMILES string of the molecule is CCCn1cc(S(=O)(=O)Nc2ncc(C)s2)cc1CNC. The number of hydrogen-bond donors (Lipinski definition) is 2. The summed E-state index contributed by atoms with van der Waals surface area (Å²) in [6, 6.07) is 1.70. The Hall–Kier alpha value is -1.38. The molecule has 2 N–H and O–H groups in total. The molecule has 0 unspecified atom stereocenters. The van der Waals surface area contributed by atoms with Crippen molar-refractivity contribution in [1.29, 1.82) is 0 Å². The van der Waals surface area contributed by atoms with Crippen LogP contribution in [0.2, 0.25) is 0 Å². The molecule has 116 valence electrons. The van der Waals surface area contributed by atoms with Crippen LogP contribution in [0.1, 0.15) is 23.9 Å². The van der Waals surface area contributed by atoms with E-state index in [0.29, 0.717) is 11.7 Å². The van der Waals surface area contributed by atoms with Crippen molar-refractivity contribution >= 4 is 26.5 Å². The molecule has 0 spiro atoms. The first-order valence-corrected chi connectivity index (χ1v) is 9.05. The third-order valence-electron chi connectivity index (χ3n) is 2.94. The largest absolute Gasteiger partial charge is 0.349 e. The first-order chi connectivity index (χ1) is 9.96. The van der Waals surface area contributed by atoms with Crippen molar-refractivity contribution in [3.63, 3.8) is 0 Å². The van der Waals surface area contributed by atoms with Crippen molar-refractivity contribution < 1.29 is 8.42 Å². The summed E-state index contributed by atoms with van der Waals surface area (Å²) in [5.41, 5.74) is 0.954. The summed E-state index contributed by atoms with van der Waals surface area (Å²) >= 11 is 1.32. The monoisotopic (exact) mass is 328 g/mol. The molecule has 0 fully saturated rings. The minimum absolute atomic E-state index is 0.272. The molecular weight excluding hydrogens is 308 g/mol. The number of nitrogens with zero attached hydrogens (tertiary/aromatic N) is 2. The van der Waals surface area contributed by atoms with E-state index in [1.165, 1.54) is 11.3 Å². The van der Waals surface area contributed by atoms with Crippen molar-refractivity contribution in [2.75, 3.05) is 11.8 Å². The zero-order valence-corrected chi connectivity index (χ0v) is 14.0. The molecular formula is C13H20N4O2S2. The van der Waals surface area contributed by atoms with Gasteiger partial charge in [-0.3, -0.25) is 4.72 Å². The van der Waals surface area contributed by atoms with Gasteiger partial charge in [-0.1, -0.05) is 6.92 Å². The van der Waals surface area contributed by atoms with Crippen LogP contribution < -0.4 is 10.0 Å². The zero-order chi connectivity index (χ0) is 15.5. The Morgan fingerprint density at radius 1 is 1.43 bits per heavy atom. The minimum Gasteiger partial charge on any atom is -0.349 e. The summed E-state index contributed by atoms with van der Waals surface area (Å²) in [5, 5.41) is 3.45. The molecule has 0 amide bonds. The number of sulfonamides is 1. The van der Waals surface area contributed by atoms with Crippen LogP contribution in [-0.2, 0) is 23.1 Å². The molecule has 8 heteroatoms. The normalized spacial score (nSPS) is 11.8. The van der Waals surface area contributed by atoms with E-state index in [2.05, 4.69) is 21.9 Å². The Balaban J connectivity index is 2.28. The maximum atomic E-state index is 12.4. The van der Waals surface area contributed by atoms with E-state index >= 15 is 0 Å². The Morgan fingerprint density at radius 3 is 2.76 bits per heavy atom. The lowest BCUT2D eigenvalue weighted by molar-refractivity contribution is 0.599. The fraction of sp³-hybridized carbons (Fsp3) is 0.462. The molecule has 21 heavy (non-hydrogen) atoms. The summed E-state index contributed by atoms with van der Waals surface area (Å²) in [5.74, 6) is 0. The molecule has 0 aliphatic rings. The van der Waals surface area contributed by atoms with Gasteiger partial charge in [0.1, 0.15) is 4.90 Å². The molecule has 2 heterocycles. The molecule has 0 radical (unpaired) electrons. The van der Waals surface area contributed by atoms with Gasteiger partial charge in [0.05, 0.1) is 0 Å². The molecule has 0 aromatic carbocycles. The summed E-state index contributed by atoms with van der Waals surface area (Å²) in [6.45, 7) is 5.38. The highest BCUT2D eigenvalue weighted by Crippen LogP contribution is 2.22. The molecule has 0 atom stereocenters. The van der Waals surface area contributed by atoms with Gasteiger partial charge in [0.25, 0.3) is 10.0 Å². The second kappa shape index (κ2) is 6.59. The van der Waals surface area contributed by atoms with Crippen molar-refractivity contribution in [3.05, 3.63) is 29.0 Å². The highest BCUT2D eigenvalue weighted by molar-refractivity contribution is 7.93. The summed E-state index contributed by atoms with van der Waals surface area (Å²) < 4.78 is 29.3. The van der Waals surface area contributed by atoms with E-state index in [9.17, 15) is 8.42 Å². The highest BCUT2D eigenvalue weighted by atomic mass is 32.2. The maximum absolute atomic E-state index is 12.4. The van der Waals surface area contributed by atoms with Gasteiger partial charge < -0.3 is 9.88 Å². The van der Waals surface area contributed by atoms with Crippen LogP contribution in [0.3, 0.4) is 0 Å². The van der Waals surface area contributed by atoms with E-state index in [0.717, 1.165) is 23.5 Å². The van der Waals surface area contributed by atoms with Gasteiger partial charge in [0, 0.05) is 36.1 Å². The zero-order valence-electron chi connectivity index (χ0n) is 12.4. The predicted molar refractivity (Wildman–Crippen MR) is 85.1 cm³/mol. The van der Waals surface area contributed by atoms with Crippen LogP contribution in [0, 0.1) is 6.92 Å². The van der Waals surface area contributed by atoms with Crippen molar-refractivity contribution in [2.45, 2.75) is 38.3 Å². The lowest BCUT2D eigenvalue weighted by atomic mass is 10.4. The van der Waals surface area contributed by atoms with Crippen molar-refractivity contribution in [1.82, 2.24) is 14.9 Å². The molecule has 0 aliphatic heterocycles. The smallest absolute Gasteiger partial charge is 0.265 e. The molecule has 2 aromatic rings. The third kappa shape index (κ3) is 3.84. The Kier molecular flexibility index (Phi) is 5.02. The molecule has 0 bridgehead atoms. The van der Waals surface area contributed by atoms with E-state index in [-0.39, 0.29) is 4.90 Å². The molecule has 6 nitrogen and oxygen atoms in total. The number of thiazole rings is 1. The Labute approximate surface area is 129 Å². The van der Waals surface area contributed by atoms with Crippen LogP contribution in [0.15, 0.2) is 23.4 Å². The second-order valence-electron chi connectivity index (χ2n) is 4.77. The van der Waals surface area contributed by atoms with Gasteiger partial charge in [-0.15, -0.1) is 11.3 Å². The van der Waals surface area contributed by atoms with Crippen LogP contribution in [0.25, 0.3) is 0 Å². The van der Waals surface area contributed by atoms with Crippen molar-refractivity contribution in [2.24, 2.45) is 0 Å².